The fraction of sp³-hybridized carbons (Fsp3) is 0.400. The van der Waals surface area contributed by atoms with Gasteiger partial charge in [-0.3, -0.25) is 0 Å². The van der Waals surface area contributed by atoms with Crippen molar-refractivity contribution in [2.45, 2.75) is 18.9 Å². The van der Waals surface area contributed by atoms with Crippen LogP contribution in [0.1, 0.15) is 18.4 Å². The maximum Gasteiger partial charge on any atom is 0.0377 e. The fourth-order valence-corrected chi connectivity index (χ4v) is 2.18. The lowest BCUT2D eigenvalue weighted by molar-refractivity contribution is 0.610. The summed E-state index contributed by atoms with van der Waals surface area (Å²) in [6, 6.07) is 6.52. The molecule has 0 aromatic heterocycles. The molecule has 0 amide bonds. The summed E-state index contributed by atoms with van der Waals surface area (Å²) in [6.07, 6.45) is 0. The standard InChI is InChI=1S/C10H13BrN2/c1-6(12)9-5-13-10-3-2-7(11)4-8(9)10/h2-4,6,9,13H,5,12H2,1H3. The van der Waals surface area contributed by atoms with Crippen LogP contribution in [0.25, 0.3) is 0 Å². The molecule has 2 unspecified atom stereocenters. The van der Waals surface area contributed by atoms with E-state index in [1.807, 2.05) is 0 Å². The van der Waals surface area contributed by atoms with E-state index in [1.54, 1.807) is 0 Å². The molecule has 0 saturated carbocycles. The van der Waals surface area contributed by atoms with E-state index in [4.69, 9.17) is 5.73 Å². The van der Waals surface area contributed by atoms with Gasteiger partial charge in [-0.1, -0.05) is 15.9 Å². The van der Waals surface area contributed by atoms with Gasteiger partial charge in [-0.2, -0.15) is 0 Å². The minimum atomic E-state index is 0.211. The molecule has 2 atom stereocenters. The fourth-order valence-electron chi connectivity index (χ4n) is 1.80. The van der Waals surface area contributed by atoms with Crippen LogP contribution in [-0.2, 0) is 0 Å². The van der Waals surface area contributed by atoms with E-state index in [0.717, 1.165) is 11.0 Å². The number of fused-ring (bicyclic) bond motifs is 1. The van der Waals surface area contributed by atoms with Crippen molar-refractivity contribution in [2.24, 2.45) is 5.73 Å². The maximum atomic E-state index is 5.91. The summed E-state index contributed by atoms with van der Waals surface area (Å²) in [6.45, 7) is 3.02. The number of benzene rings is 1. The van der Waals surface area contributed by atoms with Gasteiger partial charge < -0.3 is 11.1 Å². The van der Waals surface area contributed by atoms with E-state index in [-0.39, 0.29) is 6.04 Å². The van der Waals surface area contributed by atoms with Gasteiger partial charge in [0.05, 0.1) is 0 Å². The summed E-state index contributed by atoms with van der Waals surface area (Å²) in [5.74, 6) is 0.451. The Bertz CT molecular complexity index is 323. The van der Waals surface area contributed by atoms with Crippen LogP contribution in [-0.4, -0.2) is 12.6 Å². The monoisotopic (exact) mass is 240 g/mol. The average molecular weight is 241 g/mol. The predicted octanol–water partition coefficient (Wildman–Crippen LogP) is 2.31. The van der Waals surface area contributed by atoms with Crippen molar-refractivity contribution in [3.05, 3.63) is 28.2 Å². The van der Waals surface area contributed by atoms with Crippen molar-refractivity contribution in [1.82, 2.24) is 0 Å². The molecule has 0 radical (unpaired) electrons. The second-order valence-corrected chi connectivity index (χ2v) is 4.49. The van der Waals surface area contributed by atoms with E-state index < -0.39 is 0 Å². The predicted molar refractivity (Wildman–Crippen MR) is 59.0 cm³/mol. The Kier molecular flexibility index (Phi) is 2.30. The first-order valence-corrected chi connectivity index (χ1v) is 5.26. The first-order valence-electron chi connectivity index (χ1n) is 4.47. The van der Waals surface area contributed by atoms with Crippen molar-refractivity contribution in [3.63, 3.8) is 0 Å². The quantitative estimate of drug-likeness (QED) is 0.791. The summed E-state index contributed by atoms with van der Waals surface area (Å²) in [5, 5.41) is 3.36. The average Bonchev–Trinajstić information content (AvgIpc) is 2.46. The first-order chi connectivity index (χ1) is 6.18. The molecule has 1 heterocycles. The topological polar surface area (TPSA) is 38.0 Å². The zero-order valence-electron chi connectivity index (χ0n) is 7.55. The van der Waals surface area contributed by atoms with Crippen LogP contribution in [0.4, 0.5) is 5.69 Å². The third-order valence-electron chi connectivity index (χ3n) is 2.56. The van der Waals surface area contributed by atoms with E-state index in [9.17, 15) is 0 Å². The van der Waals surface area contributed by atoms with Crippen LogP contribution in [0.3, 0.4) is 0 Å². The molecular weight excluding hydrogens is 228 g/mol. The number of nitrogens with two attached hydrogens (primary N) is 1. The molecule has 13 heavy (non-hydrogen) atoms. The van der Waals surface area contributed by atoms with Crippen molar-refractivity contribution in [1.29, 1.82) is 0 Å². The second kappa shape index (κ2) is 3.31. The summed E-state index contributed by atoms with van der Waals surface area (Å²) in [4.78, 5) is 0. The highest BCUT2D eigenvalue weighted by atomic mass is 79.9. The van der Waals surface area contributed by atoms with Crippen LogP contribution in [0.2, 0.25) is 0 Å². The third-order valence-corrected chi connectivity index (χ3v) is 3.05. The molecule has 1 aliphatic rings. The molecule has 2 rings (SSSR count). The van der Waals surface area contributed by atoms with Crippen LogP contribution < -0.4 is 11.1 Å². The van der Waals surface area contributed by atoms with Crippen molar-refractivity contribution >= 4 is 21.6 Å². The molecule has 1 aliphatic heterocycles. The summed E-state index contributed by atoms with van der Waals surface area (Å²) in [7, 11) is 0. The molecule has 70 valence electrons. The number of anilines is 1. The first kappa shape index (κ1) is 9.03. The zero-order chi connectivity index (χ0) is 9.42. The number of hydrogen-bond acceptors (Lipinski definition) is 2. The molecule has 2 nitrogen and oxygen atoms in total. The van der Waals surface area contributed by atoms with E-state index >= 15 is 0 Å². The smallest absolute Gasteiger partial charge is 0.0377 e. The van der Waals surface area contributed by atoms with Crippen molar-refractivity contribution < 1.29 is 0 Å². The van der Waals surface area contributed by atoms with Gasteiger partial charge in [-0.15, -0.1) is 0 Å². The molecule has 0 saturated heterocycles. The van der Waals surface area contributed by atoms with Gasteiger partial charge in [0.15, 0.2) is 0 Å². The molecule has 1 aromatic rings. The van der Waals surface area contributed by atoms with E-state index in [2.05, 4.69) is 46.4 Å². The lowest BCUT2D eigenvalue weighted by atomic mass is 9.95. The number of nitrogens with one attached hydrogen (secondary N) is 1. The van der Waals surface area contributed by atoms with Gasteiger partial charge in [0.2, 0.25) is 0 Å². The highest BCUT2D eigenvalue weighted by Gasteiger charge is 2.24. The SMILES string of the molecule is CC(N)C1CNc2ccc(Br)cc21. The van der Waals surface area contributed by atoms with Crippen LogP contribution in [0.15, 0.2) is 22.7 Å². The van der Waals surface area contributed by atoms with Crippen LogP contribution in [0.5, 0.6) is 0 Å². The minimum absolute atomic E-state index is 0.211. The van der Waals surface area contributed by atoms with Crippen LogP contribution >= 0.6 is 15.9 Å². The number of halogens is 1. The summed E-state index contributed by atoms with van der Waals surface area (Å²) in [5.41, 5.74) is 8.47. The zero-order valence-corrected chi connectivity index (χ0v) is 9.14. The highest BCUT2D eigenvalue weighted by Crippen LogP contribution is 2.34. The largest absolute Gasteiger partial charge is 0.384 e. The van der Waals surface area contributed by atoms with Gasteiger partial charge in [-0.05, 0) is 30.7 Å². The Morgan fingerprint density at radius 1 is 1.62 bits per heavy atom. The van der Waals surface area contributed by atoms with Gasteiger partial charge in [-0.25, -0.2) is 0 Å². The van der Waals surface area contributed by atoms with Crippen molar-refractivity contribution in [2.75, 3.05) is 11.9 Å². The molecule has 3 heteroatoms. The molecule has 0 aliphatic carbocycles. The Morgan fingerprint density at radius 2 is 2.38 bits per heavy atom. The van der Waals surface area contributed by atoms with Gasteiger partial charge in [0.1, 0.15) is 0 Å². The van der Waals surface area contributed by atoms with Gasteiger partial charge in [0.25, 0.3) is 0 Å². The molecule has 0 bridgehead atoms. The molecule has 3 N–H and O–H groups in total. The maximum absolute atomic E-state index is 5.91. The normalized spacial score (nSPS) is 22.2. The summed E-state index contributed by atoms with van der Waals surface area (Å²) < 4.78 is 1.13. The third kappa shape index (κ3) is 1.58. The van der Waals surface area contributed by atoms with Gasteiger partial charge >= 0.3 is 0 Å². The van der Waals surface area contributed by atoms with Crippen molar-refractivity contribution in [3.8, 4) is 0 Å². The van der Waals surface area contributed by atoms with Crippen LogP contribution in [0, 0.1) is 0 Å². The lowest BCUT2D eigenvalue weighted by Gasteiger charge is -2.14. The number of hydrogen-bond donors (Lipinski definition) is 2. The summed E-state index contributed by atoms with van der Waals surface area (Å²) >= 11 is 3.47. The molecular formula is C10H13BrN2. The van der Waals surface area contributed by atoms with E-state index in [1.165, 1.54) is 11.3 Å². The van der Waals surface area contributed by atoms with Gasteiger partial charge in [0, 0.05) is 28.7 Å². The lowest BCUT2D eigenvalue weighted by Crippen LogP contribution is -2.25. The Morgan fingerprint density at radius 3 is 3.08 bits per heavy atom. The Hall–Kier alpha value is -0.540. The molecule has 1 aromatic carbocycles. The molecule has 0 fully saturated rings. The Labute approximate surface area is 86.6 Å². The highest BCUT2D eigenvalue weighted by molar-refractivity contribution is 9.10. The molecule has 0 spiro atoms. The minimum Gasteiger partial charge on any atom is -0.384 e. The Balaban J connectivity index is 2.40. The second-order valence-electron chi connectivity index (χ2n) is 3.58. The van der Waals surface area contributed by atoms with E-state index in [0.29, 0.717) is 5.92 Å². The number of rotatable bonds is 1.